The van der Waals surface area contributed by atoms with E-state index in [1.54, 1.807) is 36.1 Å². The summed E-state index contributed by atoms with van der Waals surface area (Å²) in [5.41, 5.74) is 32.5. The molecular weight excluding hydrogens is 1730 g/mol. The van der Waals surface area contributed by atoms with Gasteiger partial charge >= 0.3 is 6.09 Å². The smallest absolute Gasteiger partial charge is 0.409 e. The highest BCUT2D eigenvalue weighted by atomic mass is 16.6. The van der Waals surface area contributed by atoms with E-state index in [1.807, 2.05) is 77.7 Å². The van der Waals surface area contributed by atoms with Crippen molar-refractivity contribution >= 4 is 128 Å². The molecule has 8 aliphatic rings. The number of likely N-dealkylation sites (N-methyl/N-ethyl adjacent to an activating group) is 2. The van der Waals surface area contributed by atoms with Crippen molar-refractivity contribution in [3.8, 4) is 23.3 Å². The van der Waals surface area contributed by atoms with Gasteiger partial charge in [0, 0.05) is 234 Å². The molecule has 0 unspecified atom stereocenters. The third kappa shape index (κ3) is 23.8. The molecule has 47 nitrogen and oxygen atoms in total. The summed E-state index contributed by atoms with van der Waals surface area (Å²) in [7, 11) is 2.13. The number of rotatable bonds is 22. The van der Waals surface area contributed by atoms with Crippen molar-refractivity contribution in [2.24, 2.45) is 0 Å². The third-order valence-electron chi connectivity index (χ3n) is 24.1. The van der Waals surface area contributed by atoms with Crippen LogP contribution in [0.3, 0.4) is 0 Å². The third-order valence-corrected chi connectivity index (χ3v) is 24.1. The minimum Gasteiger partial charge on any atom is -0.450 e. The lowest BCUT2D eigenvalue weighted by molar-refractivity contribution is -0.129. The monoisotopic (exact) mass is 1840 g/mol. The van der Waals surface area contributed by atoms with Crippen LogP contribution in [0.4, 0.5) is 121 Å². The normalized spacial score (nSPS) is 16.9. The number of amides is 2. The van der Waals surface area contributed by atoms with Crippen LogP contribution in [-0.4, -0.2) is 361 Å². The van der Waals surface area contributed by atoms with Crippen LogP contribution >= 0.6 is 0 Å². The number of nitrogens with one attached hydrogen (secondary N) is 4. The molecule has 710 valence electrons. The number of piperazine rings is 4. The predicted molar refractivity (Wildman–Crippen MR) is 516 cm³/mol. The largest absolute Gasteiger partial charge is 0.450 e. The number of benzene rings is 4. The Hall–Kier alpha value is -14.9. The highest BCUT2D eigenvalue weighted by molar-refractivity contribution is 5.74. The first-order valence-electron chi connectivity index (χ1n) is 45.6. The number of nitrogens with zero attached hydrogens (tertiary/aromatic N) is 32. The molecule has 12 N–H and O–H groups in total. The van der Waals surface area contributed by atoms with Gasteiger partial charge in [-0.1, -0.05) is 6.92 Å². The van der Waals surface area contributed by atoms with Crippen LogP contribution in [0.5, 0.6) is 0 Å². The van der Waals surface area contributed by atoms with Crippen molar-refractivity contribution < 1.29 is 33.3 Å². The average molecular weight is 1850 g/mol. The Morgan fingerprint density at radius 3 is 0.933 bits per heavy atom. The van der Waals surface area contributed by atoms with Crippen molar-refractivity contribution in [3.63, 3.8) is 0 Å². The molecule has 16 heterocycles. The van der Waals surface area contributed by atoms with Crippen LogP contribution in [0, 0.1) is 0 Å². The van der Waals surface area contributed by atoms with Crippen LogP contribution in [0.1, 0.15) is 20.8 Å². The summed E-state index contributed by atoms with van der Waals surface area (Å²) in [6.45, 7) is 33.1. The van der Waals surface area contributed by atoms with Gasteiger partial charge in [0.1, 0.15) is 48.6 Å². The van der Waals surface area contributed by atoms with Crippen molar-refractivity contribution in [2.45, 2.75) is 20.8 Å². The van der Waals surface area contributed by atoms with Crippen molar-refractivity contribution in [3.05, 3.63) is 147 Å². The molecule has 0 aliphatic carbocycles. The number of hydrogen-bond acceptors (Lipinski definition) is 41. The Morgan fingerprint density at radius 2 is 0.622 bits per heavy atom. The Labute approximate surface area is 780 Å². The number of aromatic nitrogens is 20. The first-order valence-corrected chi connectivity index (χ1v) is 45.6. The van der Waals surface area contributed by atoms with E-state index in [1.165, 1.54) is 38.1 Å². The number of nitrogens with two attached hydrogens (primary N) is 4. The highest BCUT2D eigenvalue weighted by Crippen LogP contribution is 2.31. The summed E-state index contributed by atoms with van der Waals surface area (Å²) >= 11 is 0. The first kappa shape index (κ1) is 91.9. The summed E-state index contributed by atoms with van der Waals surface area (Å²) in [4.78, 5) is 102. The van der Waals surface area contributed by atoms with E-state index in [4.69, 9.17) is 46.6 Å². The molecule has 0 spiro atoms. The van der Waals surface area contributed by atoms with Gasteiger partial charge in [-0.15, -0.1) is 20.4 Å². The fourth-order valence-corrected chi connectivity index (χ4v) is 16.4. The summed E-state index contributed by atoms with van der Waals surface area (Å²) in [6.07, 6.45) is 5.78. The molecule has 0 bridgehead atoms. The van der Waals surface area contributed by atoms with Gasteiger partial charge in [-0.25, -0.2) is 44.7 Å². The first-order chi connectivity index (χ1) is 66.0. The SMILES string of the molecule is CC(=O)N1CCN(c2cc(-n3nc(Nc4ccc(N5CCOCC5)cc4)nc3N)ncn2)CC1.CCN1CCN(c2cc(-n3nc(Nc4ccc(N5CCOCC5)cc4)nc3N)ncn2)CC1.CCOC(=O)N1CCN(c2cc(-n3nc(Nc4ccc(N5CCOCC5)cc4)nc3N)ncn2)CC1.CN1CCN(c2cc(-n3nc(N)nc3Nc3ccc(N4CCOCC4)cc3)ncn2)CC1. The van der Waals surface area contributed by atoms with E-state index >= 15 is 0 Å². The van der Waals surface area contributed by atoms with Crippen LogP contribution in [0.2, 0.25) is 0 Å². The second-order valence-corrected chi connectivity index (χ2v) is 32.7. The molecule has 2 amide bonds. The van der Waals surface area contributed by atoms with Gasteiger partial charge in [0.25, 0.3) is 0 Å². The highest BCUT2D eigenvalue weighted by Gasteiger charge is 2.28. The van der Waals surface area contributed by atoms with E-state index < -0.39 is 0 Å². The fraction of sp³-hybridized carbons (Fsp3) is 0.432. The second kappa shape index (κ2) is 44.1. The van der Waals surface area contributed by atoms with Gasteiger partial charge in [-0.05, 0) is 118 Å². The Bertz CT molecular complexity index is 5810. The van der Waals surface area contributed by atoms with Gasteiger partial charge in [-0.3, -0.25) is 4.79 Å². The number of carbonyl (C=O) groups is 2. The zero-order valence-corrected chi connectivity index (χ0v) is 76.4. The molecule has 4 aromatic carbocycles. The number of anilines is 20. The Morgan fingerprint density at radius 1 is 0.333 bits per heavy atom. The van der Waals surface area contributed by atoms with E-state index in [2.05, 4.69) is 213 Å². The summed E-state index contributed by atoms with van der Waals surface area (Å²) < 4.78 is 32.9. The molecule has 0 atom stereocenters. The minimum absolute atomic E-state index is 0.0918. The molecule has 135 heavy (non-hydrogen) atoms. The van der Waals surface area contributed by atoms with E-state index in [-0.39, 0.29) is 35.8 Å². The molecule has 47 heteroatoms. The van der Waals surface area contributed by atoms with E-state index in [9.17, 15) is 9.59 Å². The molecule has 0 saturated carbocycles. The number of morpholine rings is 4. The zero-order valence-electron chi connectivity index (χ0n) is 76.4. The molecule has 0 radical (unpaired) electrons. The summed E-state index contributed by atoms with van der Waals surface area (Å²) in [5.74, 6) is 8.12. The Kier molecular flexibility index (Phi) is 30.0. The maximum atomic E-state index is 12.0. The van der Waals surface area contributed by atoms with Gasteiger partial charge < -0.3 is 127 Å². The summed E-state index contributed by atoms with van der Waals surface area (Å²) in [5, 5.41) is 30.8. The molecule has 8 fully saturated rings. The lowest BCUT2D eigenvalue weighted by atomic mass is 10.2. The molecule has 8 saturated heterocycles. The van der Waals surface area contributed by atoms with Crippen molar-refractivity contribution in [1.82, 2.24) is 119 Å². The van der Waals surface area contributed by atoms with E-state index in [0.29, 0.717) is 106 Å². The topological polar surface area (TPSA) is 497 Å². The second-order valence-electron chi connectivity index (χ2n) is 32.7. The molecule has 12 aromatic rings. The quantitative estimate of drug-likeness (QED) is 0.0455. The number of nitrogen functional groups attached to an aromatic ring is 4. The summed E-state index contributed by atoms with van der Waals surface area (Å²) in [6, 6.07) is 40.1. The lowest BCUT2D eigenvalue weighted by Gasteiger charge is -2.34. The lowest BCUT2D eigenvalue weighted by Crippen LogP contribution is -2.49. The van der Waals surface area contributed by atoms with Gasteiger partial charge in [-0.2, -0.15) is 38.7 Å². The van der Waals surface area contributed by atoms with E-state index in [0.717, 1.165) is 222 Å². The fourth-order valence-electron chi connectivity index (χ4n) is 16.4. The van der Waals surface area contributed by atoms with Gasteiger partial charge in [0.05, 0.1) is 59.5 Å². The number of ether oxygens (including phenoxy) is 5. The van der Waals surface area contributed by atoms with Crippen molar-refractivity contribution in [1.29, 1.82) is 0 Å². The van der Waals surface area contributed by atoms with Gasteiger partial charge in [0.2, 0.25) is 53.5 Å². The minimum atomic E-state index is -0.285. The molecule has 20 rings (SSSR count). The predicted octanol–water partition coefficient (Wildman–Crippen LogP) is 4.72. The molecule has 8 aromatic heterocycles. The maximum Gasteiger partial charge on any atom is 0.409 e. The van der Waals surface area contributed by atoms with Crippen LogP contribution in [0.15, 0.2) is 147 Å². The van der Waals surface area contributed by atoms with Crippen molar-refractivity contribution in [2.75, 3.05) is 314 Å². The van der Waals surface area contributed by atoms with Crippen LogP contribution in [-0.2, 0) is 28.5 Å². The molecular formula is C88H116N40O7. The number of hydrogen-bond donors (Lipinski definition) is 8. The van der Waals surface area contributed by atoms with Gasteiger partial charge in [0.15, 0.2) is 23.3 Å². The Balaban J connectivity index is 0.000000125. The van der Waals surface area contributed by atoms with Crippen LogP contribution < -0.4 is 83.4 Å². The standard InChI is InChI=1S/C23H30N10O3.C22H28N10O2.C22H30N10O.C21H28N10O/c1-2-36-23(34)32-9-7-31(8-10-32)19-15-20(26-16-25-19)33-21(24)28-22(29-33)27-17-3-5-18(6-4-17)30-11-13-35-14-12-30;1-16(33)29-6-8-31(9-7-29)19-14-20(25-15-24-19)32-21(23)27-22(28-32)26-17-2-4-18(5-3-17)30-10-12-34-13-11-30;1-2-29-7-9-31(10-8-29)19-15-20(25-16-24-19)32-21(23)27-22(28-32)26-17-3-5-18(6-4-17)30-11-13-33-14-12-30;1-28-6-8-30(9-7-28)18-14-19(24-15-23-18)31-21(26-20(22)27-31)25-16-2-4-17(5-3-16)29-10-12-32-13-11-29/h3-6,15-16H,2,7-14H2,1H3,(H3,24,27,28,29);2-5,14-15H,6-13H2,1H3,(H3,23,26,27,28);3-6,15-16H,2,7-14H2,1H3,(H3,23,26,27,28);2-5,14-15H,6-13H2,1H3,(H3,22,25,26,27). The zero-order chi connectivity index (χ0) is 92.9. The average Bonchev–Trinajstić information content (AvgIpc) is 1.74. The number of carbonyl (C=O) groups excluding carboxylic acids is 2. The van der Waals surface area contributed by atoms with Crippen LogP contribution in [0.25, 0.3) is 23.3 Å². The molecule has 8 aliphatic heterocycles. The maximum absolute atomic E-state index is 12.0.